The van der Waals surface area contributed by atoms with Gasteiger partial charge < -0.3 is 9.72 Å². The van der Waals surface area contributed by atoms with E-state index in [0.717, 1.165) is 17.5 Å². The van der Waals surface area contributed by atoms with E-state index in [9.17, 15) is 14.9 Å². The number of ether oxygens (including phenoxy) is 1. The summed E-state index contributed by atoms with van der Waals surface area (Å²) in [7, 11) is 1.60. The van der Waals surface area contributed by atoms with Crippen molar-refractivity contribution in [2.75, 3.05) is 13.7 Å². The molecule has 2 N–H and O–H groups in total. The number of fused-ring (bicyclic) bond motifs is 1. The first-order valence-corrected chi connectivity index (χ1v) is 12.2. The Morgan fingerprint density at radius 3 is 2.50 bits per heavy atom. The van der Waals surface area contributed by atoms with Gasteiger partial charge in [-0.25, -0.2) is 4.68 Å². The molecule has 38 heavy (non-hydrogen) atoms. The standard InChI is InChI=1S/C29H27N5O4/c1-18-4-13-26-25(16-18)21(17-31-26)14-15-30-19(2)27-28(20-5-11-24(38-3)12-6-20)32-33(29(27)35)22-7-9-23(10-8-22)34(36)37/h4-13,16-17,31-32H,14-15H2,1-3H3. The molecule has 0 saturated heterocycles. The molecule has 0 aliphatic carbocycles. The fourth-order valence-corrected chi connectivity index (χ4v) is 4.57. The van der Waals surface area contributed by atoms with Gasteiger partial charge in [0.1, 0.15) is 5.75 Å². The number of aromatic nitrogens is 3. The Bertz CT molecular complexity index is 1710. The van der Waals surface area contributed by atoms with Gasteiger partial charge in [0.2, 0.25) is 0 Å². The number of nitrogens with one attached hydrogen (secondary N) is 2. The average molecular weight is 510 g/mol. The number of rotatable bonds is 8. The van der Waals surface area contributed by atoms with Crippen molar-refractivity contribution >= 4 is 22.3 Å². The molecule has 0 aliphatic rings. The lowest BCUT2D eigenvalue weighted by atomic mass is 10.0. The Balaban J connectivity index is 1.52. The van der Waals surface area contributed by atoms with Gasteiger partial charge >= 0.3 is 0 Å². The van der Waals surface area contributed by atoms with Crippen LogP contribution in [-0.2, 0) is 6.42 Å². The second-order valence-corrected chi connectivity index (χ2v) is 9.08. The molecule has 2 heterocycles. The quantitative estimate of drug-likeness (QED) is 0.161. The first-order valence-electron chi connectivity index (χ1n) is 12.2. The lowest BCUT2D eigenvalue weighted by Crippen LogP contribution is -2.20. The molecule has 5 aromatic rings. The van der Waals surface area contributed by atoms with Gasteiger partial charge in [0.05, 0.1) is 29.0 Å². The van der Waals surface area contributed by atoms with Crippen molar-refractivity contribution in [3.63, 3.8) is 0 Å². The van der Waals surface area contributed by atoms with Crippen LogP contribution in [0.5, 0.6) is 5.75 Å². The molecule has 0 aliphatic heterocycles. The Morgan fingerprint density at radius 2 is 1.82 bits per heavy atom. The van der Waals surface area contributed by atoms with Crippen LogP contribution >= 0.6 is 0 Å². The van der Waals surface area contributed by atoms with Crippen LogP contribution in [0.2, 0.25) is 0 Å². The van der Waals surface area contributed by atoms with Gasteiger partial charge in [0.25, 0.3) is 11.2 Å². The van der Waals surface area contributed by atoms with Crippen LogP contribution in [-0.4, -0.2) is 39.1 Å². The number of H-pyrrole nitrogens is 2. The number of hydrogen-bond donors (Lipinski definition) is 2. The molecule has 9 heteroatoms. The van der Waals surface area contributed by atoms with Crippen molar-refractivity contribution in [1.82, 2.24) is 14.8 Å². The van der Waals surface area contributed by atoms with E-state index in [2.05, 4.69) is 35.2 Å². The summed E-state index contributed by atoms with van der Waals surface area (Å²) in [5.74, 6) is 0.701. The number of hydrogen-bond acceptors (Lipinski definition) is 5. The molecule has 2 aromatic heterocycles. The number of nitrogens with zero attached hydrogens (tertiary/aromatic N) is 3. The van der Waals surface area contributed by atoms with E-state index in [1.807, 2.05) is 37.4 Å². The van der Waals surface area contributed by atoms with E-state index in [1.165, 1.54) is 33.3 Å². The highest BCUT2D eigenvalue weighted by molar-refractivity contribution is 6.03. The van der Waals surface area contributed by atoms with E-state index >= 15 is 0 Å². The molecule has 0 amide bonds. The third-order valence-electron chi connectivity index (χ3n) is 6.60. The molecule has 0 radical (unpaired) electrons. The number of nitro benzene ring substituents is 1. The Kier molecular flexibility index (Phi) is 6.66. The third-order valence-corrected chi connectivity index (χ3v) is 6.60. The fourth-order valence-electron chi connectivity index (χ4n) is 4.57. The lowest BCUT2D eigenvalue weighted by Gasteiger charge is -2.05. The maximum absolute atomic E-state index is 13.6. The number of aryl methyl sites for hydroxylation is 1. The van der Waals surface area contributed by atoms with Crippen LogP contribution in [0.25, 0.3) is 27.8 Å². The molecule has 0 atom stereocenters. The number of benzene rings is 3. The molecule has 0 fully saturated rings. The van der Waals surface area contributed by atoms with Crippen LogP contribution in [0.4, 0.5) is 5.69 Å². The first kappa shape index (κ1) is 24.8. The largest absolute Gasteiger partial charge is 0.497 e. The number of nitro groups is 1. The van der Waals surface area contributed by atoms with Gasteiger partial charge in [-0.1, -0.05) is 11.6 Å². The monoisotopic (exact) mass is 509 g/mol. The highest BCUT2D eigenvalue weighted by Crippen LogP contribution is 2.25. The van der Waals surface area contributed by atoms with Crippen molar-refractivity contribution in [3.05, 3.63) is 110 Å². The fraction of sp³-hybridized carbons (Fsp3) is 0.172. The van der Waals surface area contributed by atoms with Crippen molar-refractivity contribution < 1.29 is 9.66 Å². The first-order chi connectivity index (χ1) is 18.4. The maximum atomic E-state index is 13.6. The van der Waals surface area contributed by atoms with Gasteiger partial charge in [-0.3, -0.25) is 25.0 Å². The summed E-state index contributed by atoms with van der Waals surface area (Å²) in [6.45, 7) is 4.41. The van der Waals surface area contributed by atoms with Crippen LogP contribution in [0.3, 0.4) is 0 Å². The van der Waals surface area contributed by atoms with E-state index < -0.39 is 4.92 Å². The normalized spacial score (nSPS) is 11.7. The second kappa shape index (κ2) is 10.2. The predicted octanol–water partition coefficient (Wildman–Crippen LogP) is 5.59. The minimum Gasteiger partial charge on any atom is -0.497 e. The molecule has 0 spiro atoms. The Morgan fingerprint density at radius 1 is 1.08 bits per heavy atom. The van der Waals surface area contributed by atoms with Crippen LogP contribution < -0.4 is 10.3 Å². The Hall–Kier alpha value is -4.92. The Labute approximate surface area is 218 Å². The zero-order chi connectivity index (χ0) is 26.8. The summed E-state index contributed by atoms with van der Waals surface area (Å²) in [6, 6.07) is 19.5. The summed E-state index contributed by atoms with van der Waals surface area (Å²) in [6.07, 6.45) is 2.73. The molecule has 0 saturated carbocycles. The highest BCUT2D eigenvalue weighted by atomic mass is 16.6. The number of non-ortho nitro benzene ring substituents is 1. The number of methoxy groups -OCH3 is 1. The van der Waals surface area contributed by atoms with Crippen molar-refractivity contribution in [1.29, 1.82) is 0 Å². The van der Waals surface area contributed by atoms with Crippen molar-refractivity contribution in [2.24, 2.45) is 4.99 Å². The number of aromatic amines is 2. The molecule has 0 unspecified atom stereocenters. The summed E-state index contributed by atoms with van der Waals surface area (Å²) < 4.78 is 6.67. The zero-order valence-corrected chi connectivity index (χ0v) is 21.3. The number of aliphatic imine (C=N–C) groups is 1. The molecular formula is C29H27N5O4. The van der Waals surface area contributed by atoms with Gasteiger partial charge in [-0.05, 0) is 74.4 Å². The van der Waals surface area contributed by atoms with Gasteiger partial charge in [0, 0.05) is 47.1 Å². The molecule has 3 aromatic carbocycles. The highest BCUT2D eigenvalue weighted by Gasteiger charge is 2.20. The van der Waals surface area contributed by atoms with Crippen molar-refractivity contribution in [2.45, 2.75) is 20.3 Å². The zero-order valence-electron chi connectivity index (χ0n) is 21.3. The molecule has 9 nitrogen and oxygen atoms in total. The van der Waals surface area contributed by atoms with E-state index in [1.54, 1.807) is 19.2 Å². The second-order valence-electron chi connectivity index (χ2n) is 9.08. The summed E-state index contributed by atoms with van der Waals surface area (Å²) in [5.41, 5.74) is 6.07. The minimum absolute atomic E-state index is 0.0471. The third kappa shape index (κ3) is 4.73. The van der Waals surface area contributed by atoms with E-state index in [0.29, 0.717) is 35.0 Å². The van der Waals surface area contributed by atoms with Gasteiger partial charge in [-0.2, -0.15) is 0 Å². The minimum atomic E-state index is -0.471. The summed E-state index contributed by atoms with van der Waals surface area (Å²) in [5, 5.41) is 15.4. The van der Waals surface area contributed by atoms with Crippen molar-refractivity contribution in [3.8, 4) is 22.7 Å². The molecular weight excluding hydrogens is 482 g/mol. The lowest BCUT2D eigenvalue weighted by molar-refractivity contribution is -0.384. The smallest absolute Gasteiger partial charge is 0.280 e. The average Bonchev–Trinajstić information content (AvgIpc) is 3.49. The molecule has 5 rings (SSSR count). The van der Waals surface area contributed by atoms with Crippen LogP contribution in [0.1, 0.15) is 23.6 Å². The van der Waals surface area contributed by atoms with E-state index in [4.69, 9.17) is 9.73 Å². The topological polar surface area (TPSA) is 118 Å². The van der Waals surface area contributed by atoms with Gasteiger partial charge in [0.15, 0.2) is 0 Å². The van der Waals surface area contributed by atoms with Gasteiger partial charge in [-0.15, -0.1) is 0 Å². The van der Waals surface area contributed by atoms with E-state index in [-0.39, 0.29) is 11.2 Å². The van der Waals surface area contributed by atoms with Crippen LogP contribution in [0, 0.1) is 17.0 Å². The summed E-state index contributed by atoms with van der Waals surface area (Å²) in [4.78, 5) is 32.3. The molecule has 192 valence electrons. The SMILES string of the molecule is COc1ccc(-c2[nH]n(-c3ccc([N+](=O)[O-])cc3)c(=O)c2C(C)=NCCc2c[nH]c3ccc(C)cc23)cc1. The summed E-state index contributed by atoms with van der Waals surface area (Å²) >= 11 is 0. The predicted molar refractivity (Wildman–Crippen MR) is 149 cm³/mol. The molecule has 0 bridgehead atoms. The maximum Gasteiger partial charge on any atom is 0.280 e. The van der Waals surface area contributed by atoms with Crippen LogP contribution in [0.15, 0.2) is 82.7 Å².